The summed E-state index contributed by atoms with van der Waals surface area (Å²) in [6, 6.07) is 13.6. The van der Waals surface area contributed by atoms with E-state index in [9.17, 15) is 22.7 Å². The predicted octanol–water partition coefficient (Wildman–Crippen LogP) is 6.00. The molecule has 2 aromatic rings. The molecule has 0 amide bonds. The Morgan fingerprint density at radius 1 is 0.917 bits per heavy atom. The van der Waals surface area contributed by atoms with Gasteiger partial charge in [-0.3, -0.25) is 4.90 Å². The summed E-state index contributed by atoms with van der Waals surface area (Å²) in [6.45, 7) is 2.19. The van der Waals surface area contributed by atoms with Crippen LogP contribution in [0.5, 0.6) is 5.75 Å². The molecule has 4 nitrogen and oxygen atoms in total. The average molecular weight is 509 g/mol. The fourth-order valence-electron chi connectivity index (χ4n) is 5.62. The van der Waals surface area contributed by atoms with E-state index in [1.54, 1.807) is 36.4 Å². The molecule has 2 aliphatic rings. The molecule has 1 heterocycles. The molecule has 2 aromatic carbocycles. The Hall–Kier alpha value is -2.32. The van der Waals surface area contributed by atoms with E-state index in [0.717, 1.165) is 45.3 Å². The number of aliphatic hydroxyl groups is 1. The van der Waals surface area contributed by atoms with Gasteiger partial charge >= 0.3 is 6.18 Å². The number of halogens is 4. The van der Waals surface area contributed by atoms with Crippen molar-refractivity contribution >= 4 is 5.69 Å². The molecule has 0 aromatic heterocycles. The molecule has 1 N–H and O–H groups in total. The van der Waals surface area contributed by atoms with Crippen molar-refractivity contribution in [3.8, 4) is 5.75 Å². The van der Waals surface area contributed by atoms with Crippen LogP contribution >= 0.6 is 0 Å². The second-order valence-electron chi connectivity index (χ2n) is 10.0. The van der Waals surface area contributed by atoms with Crippen molar-refractivity contribution in [1.29, 1.82) is 0 Å². The zero-order valence-corrected chi connectivity index (χ0v) is 20.6. The summed E-state index contributed by atoms with van der Waals surface area (Å²) in [4.78, 5) is 4.34. The minimum absolute atomic E-state index is 0.202. The van der Waals surface area contributed by atoms with Crippen molar-refractivity contribution in [2.75, 3.05) is 44.2 Å². The van der Waals surface area contributed by atoms with Gasteiger partial charge in [-0.2, -0.15) is 13.2 Å². The summed E-state index contributed by atoms with van der Waals surface area (Å²) in [7, 11) is 0. The van der Waals surface area contributed by atoms with Crippen molar-refractivity contribution in [1.82, 2.24) is 4.90 Å². The van der Waals surface area contributed by atoms with Gasteiger partial charge < -0.3 is 14.7 Å². The van der Waals surface area contributed by atoms with Gasteiger partial charge in [-0.05, 0) is 55.5 Å². The van der Waals surface area contributed by atoms with Crippen LogP contribution in [0.2, 0.25) is 0 Å². The fourth-order valence-corrected chi connectivity index (χ4v) is 5.62. The molecule has 36 heavy (non-hydrogen) atoms. The third-order valence-corrected chi connectivity index (χ3v) is 7.58. The number of anilines is 1. The normalized spacial score (nSPS) is 19.8. The lowest BCUT2D eigenvalue weighted by Crippen LogP contribution is -2.47. The number of alkyl halides is 3. The van der Waals surface area contributed by atoms with Crippen molar-refractivity contribution in [2.45, 2.75) is 56.7 Å². The standard InChI is InChI=1S/C28H36F4N2O2/c29-24-11-5-4-10-22(24)23(27(35)21-8-2-1-3-9-21)14-15-33-16-18-34(19-17-33)25-12-6-7-13-26(25)36-20-28(30,31)32/h4-7,10-13,21,23,27,35H,1-3,8-9,14-20H2/t23-,27+/m1/s1. The third kappa shape index (κ3) is 7.13. The van der Waals surface area contributed by atoms with Crippen LogP contribution in [0.15, 0.2) is 48.5 Å². The Bertz CT molecular complexity index is 957. The van der Waals surface area contributed by atoms with Crippen molar-refractivity contribution in [2.24, 2.45) is 5.92 Å². The molecule has 1 aliphatic heterocycles. The number of rotatable bonds is 9. The maximum atomic E-state index is 14.7. The van der Waals surface area contributed by atoms with Gasteiger partial charge in [-0.1, -0.05) is 49.6 Å². The highest BCUT2D eigenvalue weighted by Crippen LogP contribution is 2.37. The van der Waals surface area contributed by atoms with Crippen LogP contribution in [0.1, 0.15) is 50.0 Å². The fraction of sp³-hybridized carbons (Fsp3) is 0.571. The summed E-state index contributed by atoms with van der Waals surface area (Å²) in [5.74, 6) is -0.0895. The van der Waals surface area contributed by atoms with E-state index in [1.807, 2.05) is 11.0 Å². The maximum Gasteiger partial charge on any atom is 0.422 e. The van der Waals surface area contributed by atoms with E-state index in [-0.39, 0.29) is 23.4 Å². The van der Waals surface area contributed by atoms with E-state index >= 15 is 0 Å². The minimum atomic E-state index is -4.39. The number of benzene rings is 2. The molecular formula is C28H36F4N2O2. The highest BCUT2D eigenvalue weighted by Gasteiger charge is 2.32. The van der Waals surface area contributed by atoms with Gasteiger partial charge in [0.15, 0.2) is 6.61 Å². The molecule has 1 saturated carbocycles. The average Bonchev–Trinajstić information content (AvgIpc) is 2.89. The van der Waals surface area contributed by atoms with E-state index in [0.29, 0.717) is 30.8 Å². The molecule has 1 aliphatic carbocycles. The predicted molar refractivity (Wildman–Crippen MR) is 133 cm³/mol. The SMILES string of the molecule is O[C@@H](C1CCCCC1)[C@H](CCN1CCN(c2ccccc2OCC(F)(F)F)CC1)c1ccccc1F. The summed E-state index contributed by atoms with van der Waals surface area (Å²) < 4.78 is 57.8. The van der Waals surface area contributed by atoms with Gasteiger partial charge in [0, 0.05) is 32.1 Å². The first-order chi connectivity index (χ1) is 17.3. The van der Waals surface area contributed by atoms with Crippen molar-refractivity contribution < 1.29 is 27.4 Å². The number of nitrogens with zero attached hydrogens (tertiary/aromatic N) is 2. The van der Waals surface area contributed by atoms with Crippen LogP contribution in [0.3, 0.4) is 0 Å². The molecule has 0 unspecified atom stereocenters. The topological polar surface area (TPSA) is 35.9 Å². The number of piperazine rings is 1. The van der Waals surface area contributed by atoms with Gasteiger partial charge in [-0.25, -0.2) is 4.39 Å². The third-order valence-electron chi connectivity index (χ3n) is 7.58. The van der Waals surface area contributed by atoms with Crippen LogP contribution in [0.25, 0.3) is 0 Å². The summed E-state index contributed by atoms with van der Waals surface area (Å²) in [5, 5.41) is 11.3. The number of hydrogen-bond donors (Lipinski definition) is 1. The number of aliphatic hydroxyl groups excluding tert-OH is 1. The second-order valence-corrected chi connectivity index (χ2v) is 10.0. The monoisotopic (exact) mass is 508 g/mol. The van der Waals surface area contributed by atoms with E-state index in [4.69, 9.17) is 4.74 Å². The molecule has 1 saturated heterocycles. The first kappa shape index (κ1) is 26.7. The second kappa shape index (κ2) is 12.3. The summed E-state index contributed by atoms with van der Waals surface area (Å²) in [6.07, 6.45) is 1.10. The van der Waals surface area contributed by atoms with Gasteiger partial charge in [0.2, 0.25) is 0 Å². The molecule has 2 atom stereocenters. The molecule has 4 rings (SSSR count). The quantitative estimate of drug-likeness (QED) is 0.421. The van der Waals surface area contributed by atoms with Crippen LogP contribution < -0.4 is 9.64 Å². The lowest BCUT2D eigenvalue weighted by Gasteiger charge is -2.38. The molecule has 8 heteroatoms. The Balaban J connectivity index is 1.36. The lowest BCUT2D eigenvalue weighted by atomic mass is 9.77. The summed E-state index contributed by atoms with van der Waals surface area (Å²) >= 11 is 0. The molecule has 0 radical (unpaired) electrons. The van der Waals surface area contributed by atoms with Crippen LogP contribution in [-0.2, 0) is 0 Å². The highest BCUT2D eigenvalue weighted by molar-refractivity contribution is 5.58. The minimum Gasteiger partial charge on any atom is -0.482 e. The maximum absolute atomic E-state index is 14.7. The van der Waals surface area contributed by atoms with Gasteiger partial charge in [0.05, 0.1) is 11.8 Å². The van der Waals surface area contributed by atoms with Gasteiger partial charge in [-0.15, -0.1) is 0 Å². The van der Waals surface area contributed by atoms with Gasteiger partial charge in [0.1, 0.15) is 11.6 Å². The molecular weight excluding hydrogens is 472 g/mol. The Kier molecular flexibility index (Phi) is 9.12. The Labute approximate surface area is 210 Å². The molecule has 198 valence electrons. The van der Waals surface area contributed by atoms with E-state index in [1.165, 1.54) is 12.5 Å². The first-order valence-electron chi connectivity index (χ1n) is 13.0. The lowest BCUT2D eigenvalue weighted by molar-refractivity contribution is -0.153. The smallest absolute Gasteiger partial charge is 0.422 e. The Morgan fingerprint density at radius 3 is 2.28 bits per heavy atom. The molecule has 2 fully saturated rings. The van der Waals surface area contributed by atoms with E-state index in [2.05, 4.69) is 4.90 Å². The van der Waals surface area contributed by atoms with Crippen LogP contribution in [0.4, 0.5) is 23.2 Å². The van der Waals surface area contributed by atoms with Crippen molar-refractivity contribution in [3.63, 3.8) is 0 Å². The van der Waals surface area contributed by atoms with Crippen LogP contribution in [0, 0.1) is 11.7 Å². The zero-order chi connectivity index (χ0) is 25.5. The van der Waals surface area contributed by atoms with Crippen molar-refractivity contribution in [3.05, 3.63) is 59.9 Å². The highest BCUT2D eigenvalue weighted by atomic mass is 19.4. The Morgan fingerprint density at radius 2 is 1.58 bits per heavy atom. The largest absolute Gasteiger partial charge is 0.482 e. The molecule has 0 spiro atoms. The zero-order valence-electron chi connectivity index (χ0n) is 20.6. The number of hydrogen-bond acceptors (Lipinski definition) is 4. The first-order valence-corrected chi connectivity index (χ1v) is 13.0. The summed E-state index contributed by atoms with van der Waals surface area (Å²) in [5.41, 5.74) is 1.25. The number of ether oxygens (including phenoxy) is 1. The molecule has 0 bridgehead atoms. The number of para-hydroxylation sites is 2. The van der Waals surface area contributed by atoms with Crippen LogP contribution in [-0.4, -0.2) is 61.6 Å². The van der Waals surface area contributed by atoms with Gasteiger partial charge in [0.25, 0.3) is 0 Å². The van der Waals surface area contributed by atoms with E-state index < -0.39 is 18.9 Å².